The summed E-state index contributed by atoms with van der Waals surface area (Å²) in [5.41, 5.74) is 1.47. The summed E-state index contributed by atoms with van der Waals surface area (Å²) in [5, 5.41) is 3.44. The number of hydrogen-bond acceptors (Lipinski definition) is 3. The molecule has 19 heavy (non-hydrogen) atoms. The molecule has 1 heterocycles. The van der Waals surface area contributed by atoms with Crippen molar-refractivity contribution in [1.29, 1.82) is 0 Å². The molecule has 0 saturated carbocycles. The van der Waals surface area contributed by atoms with E-state index in [1.54, 1.807) is 0 Å². The molecule has 1 aliphatic rings. The number of benzene rings is 1. The molecule has 104 valence electrons. The molecular formula is C16H23NO2. The summed E-state index contributed by atoms with van der Waals surface area (Å²) >= 11 is 0. The highest BCUT2D eigenvalue weighted by molar-refractivity contribution is 5.89. The smallest absolute Gasteiger partial charge is 0.338 e. The highest BCUT2D eigenvalue weighted by Gasteiger charge is 2.23. The number of nitrogens with one attached hydrogen (secondary N) is 1. The maximum Gasteiger partial charge on any atom is 0.338 e. The molecule has 3 nitrogen and oxygen atoms in total. The standard InChI is InChI=1S/C16H23NO2/c1-11-9-14(10-17-11)12-5-7-13(8-6-12)15(18)19-16(2,3)4/h5-8,11,14,17H,9-10H2,1-4H3/t11-,14-/m1/s1. The van der Waals surface area contributed by atoms with E-state index in [-0.39, 0.29) is 5.97 Å². The lowest BCUT2D eigenvalue weighted by atomic mass is 9.96. The summed E-state index contributed by atoms with van der Waals surface area (Å²) in [7, 11) is 0. The molecule has 0 radical (unpaired) electrons. The van der Waals surface area contributed by atoms with Crippen molar-refractivity contribution < 1.29 is 9.53 Å². The molecule has 2 rings (SSSR count). The molecule has 0 aliphatic carbocycles. The molecule has 1 saturated heterocycles. The molecule has 0 aromatic heterocycles. The second-order valence-corrected chi connectivity index (χ2v) is 6.37. The van der Waals surface area contributed by atoms with E-state index < -0.39 is 5.60 Å². The molecule has 1 fully saturated rings. The molecule has 0 amide bonds. The van der Waals surface area contributed by atoms with Gasteiger partial charge in [0.25, 0.3) is 0 Å². The lowest BCUT2D eigenvalue weighted by molar-refractivity contribution is 0.00695. The van der Waals surface area contributed by atoms with Crippen LogP contribution in [0.1, 0.15) is 56.0 Å². The average molecular weight is 261 g/mol. The van der Waals surface area contributed by atoms with Gasteiger partial charge in [-0.1, -0.05) is 12.1 Å². The molecule has 1 N–H and O–H groups in total. The molecular weight excluding hydrogens is 238 g/mol. The van der Waals surface area contributed by atoms with E-state index in [0.717, 1.165) is 13.0 Å². The highest BCUT2D eigenvalue weighted by atomic mass is 16.6. The van der Waals surface area contributed by atoms with Gasteiger partial charge >= 0.3 is 5.97 Å². The van der Waals surface area contributed by atoms with Crippen LogP contribution in [0.3, 0.4) is 0 Å². The van der Waals surface area contributed by atoms with Crippen molar-refractivity contribution in [2.75, 3.05) is 6.54 Å². The van der Waals surface area contributed by atoms with Gasteiger partial charge in [-0.25, -0.2) is 4.79 Å². The van der Waals surface area contributed by atoms with Crippen LogP contribution in [0.15, 0.2) is 24.3 Å². The van der Waals surface area contributed by atoms with Crippen LogP contribution < -0.4 is 5.32 Å². The number of ether oxygens (including phenoxy) is 1. The van der Waals surface area contributed by atoms with Crippen LogP contribution in [0.25, 0.3) is 0 Å². The Balaban J connectivity index is 2.04. The number of carbonyl (C=O) groups excluding carboxylic acids is 1. The third-order valence-electron chi connectivity index (χ3n) is 3.37. The number of esters is 1. The molecule has 0 bridgehead atoms. The average Bonchev–Trinajstić information content (AvgIpc) is 2.74. The summed E-state index contributed by atoms with van der Waals surface area (Å²) in [6.07, 6.45) is 1.16. The topological polar surface area (TPSA) is 38.3 Å². The Morgan fingerprint density at radius 1 is 1.26 bits per heavy atom. The first-order chi connectivity index (χ1) is 8.85. The molecule has 0 spiro atoms. The fourth-order valence-electron chi connectivity index (χ4n) is 2.42. The number of hydrogen-bond donors (Lipinski definition) is 1. The Bertz CT molecular complexity index is 445. The Morgan fingerprint density at radius 2 is 1.89 bits per heavy atom. The predicted molar refractivity (Wildman–Crippen MR) is 76.4 cm³/mol. The monoisotopic (exact) mass is 261 g/mol. The van der Waals surface area contributed by atoms with Crippen molar-refractivity contribution in [2.45, 2.75) is 51.7 Å². The quantitative estimate of drug-likeness (QED) is 0.831. The molecule has 3 heteroatoms. The summed E-state index contributed by atoms with van der Waals surface area (Å²) in [5.74, 6) is 0.305. The van der Waals surface area contributed by atoms with Gasteiger partial charge in [0.2, 0.25) is 0 Å². The minimum absolute atomic E-state index is 0.253. The van der Waals surface area contributed by atoms with Crippen molar-refractivity contribution in [3.05, 3.63) is 35.4 Å². The Morgan fingerprint density at radius 3 is 2.37 bits per heavy atom. The van der Waals surface area contributed by atoms with Crippen molar-refractivity contribution in [3.63, 3.8) is 0 Å². The van der Waals surface area contributed by atoms with E-state index in [1.807, 2.05) is 45.0 Å². The van der Waals surface area contributed by atoms with Crippen LogP contribution >= 0.6 is 0 Å². The Hall–Kier alpha value is -1.35. The van der Waals surface area contributed by atoms with Crippen molar-refractivity contribution in [3.8, 4) is 0 Å². The third kappa shape index (κ3) is 3.80. The third-order valence-corrected chi connectivity index (χ3v) is 3.37. The van der Waals surface area contributed by atoms with Gasteiger partial charge in [0.05, 0.1) is 5.56 Å². The van der Waals surface area contributed by atoms with Crippen LogP contribution in [0.2, 0.25) is 0 Å². The fraction of sp³-hybridized carbons (Fsp3) is 0.562. The van der Waals surface area contributed by atoms with E-state index in [2.05, 4.69) is 12.2 Å². The zero-order valence-corrected chi connectivity index (χ0v) is 12.2. The highest BCUT2D eigenvalue weighted by Crippen LogP contribution is 2.26. The SMILES string of the molecule is C[C@@H]1C[C@@H](c2ccc(C(=O)OC(C)(C)C)cc2)CN1. The lowest BCUT2D eigenvalue weighted by Gasteiger charge is -2.19. The Kier molecular flexibility index (Phi) is 3.95. The summed E-state index contributed by atoms with van der Waals surface area (Å²) < 4.78 is 5.35. The largest absolute Gasteiger partial charge is 0.456 e. The van der Waals surface area contributed by atoms with Gasteiger partial charge in [-0.2, -0.15) is 0 Å². The minimum Gasteiger partial charge on any atom is -0.456 e. The number of rotatable bonds is 2. The van der Waals surface area contributed by atoms with Gasteiger partial charge in [-0.15, -0.1) is 0 Å². The second-order valence-electron chi connectivity index (χ2n) is 6.37. The zero-order valence-electron chi connectivity index (χ0n) is 12.2. The molecule has 1 aliphatic heterocycles. The molecule has 0 unspecified atom stereocenters. The zero-order chi connectivity index (χ0) is 14.0. The molecule has 1 aromatic rings. The van der Waals surface area contributed by atoms with Gasteiger partial charge in [0.1, 0.15) is 5.60 Å². The van der Waals surface area contributed by atoms with Crippen LogP contribution in [-0.2, 0) is 4.74 Å². The summed E-state index contributed by atoms with van der Waals surface area (Å²) in [6, 6.07) is 8.40. The first-order valence-corrected chi connectivity index (χ1v) is 6.92. The van der Waals surface area contributed by atoms with Gasteiger partial charge < -0.3 is 10.1 Å². The molecule has 2 atom stereocenters. The summed E-state index contributed by atoms with van der Waals surface area (Å²) in [6.45, 7) is 8.86. The van der Waals surface area contributed by atoms with E-state index >= 15 is 0 Å². The van der Waals surface area contributed by atoms with Crippen LogP contribution in [0.5, 0.6) is 0 Å². The number of carbonyl (C=O) groups is 1. The van der Waals surface area contributed by atoms with Crippen molar-refractivity contribution >= 4 is 5.97 Å². The first-order valence-electron chi connectivity index (χ1n) is 6.92. The maximum atomic E-state index is 11.9. The Labute approximate surface area is 115 Å². The van der Waals surface area contributed by atoms with Gasteiger partial charge in [0, 0.05) is 12.6 Å². The maximum absolute atomic E-state index is 11.9. The lowest BCUT2D eigenvalue weighted by Crippen LogP contribution is -2.23. The second kappa shape index (κ2) is 5.33. The van der Waals surface area contributed by atoms with E-state index in [9.17, 15) is 4.79 Å². The van der Waals surface area contributed by atoms with Gasteiger partial charge in [-0.3, -0.25) is 0 Å². The van der Waals surface area contributed by atoms with E-state index in [0.29, 0.717) is 17.5 Å². The van der Waals surface area contributed by atoms with E-state index in [1.165, 1.54) is 5.56 Å². The van der Waals surface area contributed by atoms with Crippen LogP contribution in [0.4, 0.5) is 0 Å². The normalized spacial score (nSPS) is 23.4. The van der Waals surface area contributed by atoms with E-state index in [4.69, 9.17) is 4.74 Å². The van der Waals surface area contributed by atoms with Crippen LogP contribution in [-0.4, -0.2) is 24.2 Å². The summed E-state index contributed by atoms with van der Waals surface area (Å²) in [4.78, 5) is 11.9. The van der Waals surface area contributed by atoms with Crippen molar-refractivity contribution in [2.24, 2.45) is 0 Å². The fourth-order valence-corrected chi connectivity index (χ4v) is 2.42. The molecule has 1 aromatic carbocycles. The first kappa shape index (κ1) is 14.1. The van der Waals surface area contributed by atoms with Crippen LogP contribution in [0, 0.1) is 0 Å². The minimum atomic E-state index is -0.444. The van der Waals surface area contributed by atoms with Gasteiger partial charge in [-0.05, 0) is 57.7 Å². The van der Waals surface area contributed by atoms with Crippen molar-refractivity contribution in [1.82, 2.24) is 5.32 Å². The predicted octanol–water partition coefficient (Wildman–Crippen LogP) is 3.11. The van der Waals surface area contributed by atoms with Gasteiger partial charge in [0.15, 0.2) is 0 Å².